The average molecular weight is 599 g/mol. The SMILES string of the molecule is CCC(C)(CC(CC(C)(CC(C)C(=O)OC(C)(C)C1CCC(C)CC1O)C(=O)OC)C(=O)OC1CCCCO1)C(=O)O. The fraction of sp³-hybridized carbons (Fsp3) is 0.875. The van der Waals surface area contributed by atoms with Gasteiger partial charge in [-0.15, -0.1) is 0 Å². The van der Waals surface area contributed by atoms with E-state index in [1.165, 1.54) is 7.11 Å². The molecule has 1 saturated carbocycles. The highest BCUT2D eigenvalue weighted by Crippen LogP contribution is 2.42. The number of esters is 3. The van der Waals surface area contributed by atoms with E-state index < -0.39 is 64.5 Å². The van der Waals surface area contributed by atoms with Gasteiger partial charge in [0, 0.05) is 12.3 Å². The van der Waals surface area contributed by atoms with E-state index in [9.17, 15) is 29.4 Å². The molecule has 1 heterocycles. The van der Waals surface area contributed by atoms with Crippen LogP contribution in [0.2, 0.25) is 0 Å². The number of carbonyl (C=O) groups excluding carboxylic acids is 3. The number of aliphatic hydroxyl groups excluding tert-OH is 1. The van der Waals surface area contributed by atoms with Crippen LogP contribution >= 0.6 is 0 Å². The van der Waals surface area contributed by atoms with E-state index in [4.69, 9.17) is 18.9 Å². The molecule has 1 saturated heterocycles. The summed E-state index contributed by atoms with van der Waals surface area (Å²) in [5.41, 5.74) is -3.47. The van der Waals surface area contributed by atoms with Crippen LogP contribution in [0.5, 0.6) is 0 Å². The van der Waals surface area contributed by atoms with Crippen molar-refractivity contribution in [3.63, 3.8) is 0 Å². The Bertz CT molecular complexity index is 942. The molecule has 42 heavy (non-hydrogen) atoms. The van der Waals surface area contributed by atoms with Gasteiger partial charge in [0.15, 0.2) is 0 Å². The van der Waals surface area contributed by atoms with E-state index in [-0.39, 0.29) is 31.6 Å². The third kappa shape index (κ3) is 9.40. The summed E-state index contributed by atoms with van der Waals surface area (Å²) in [6.45, 7) is 12.8. The summed E-state index contributed by atoms with van der Waals surface area (Å²) in [6, 6.07) is 0. The number of hydrogen-bond acceptors (Lipinski definition) is 9. The lowest BCUT2D eigenvalue weighted by atomic mass is 9.70. The molecule has 0 aromatic heterocycles. The van der Waals surface area contributed by atoms with Gasteiger partial charge in [-0.2, -0.15) is 0 Å². The lowest BCUT2D eigenvalue weighted by Crippen LogP contribution is -2.47. The molecule has 2 fully saturated rings. The third-order valence-electron chi connectivity index (χ3n) is 9.58. The van der Waals surface area contributed by atoms with Gasteiger partial charge < -0.3 is 29.2 Å². The van der Waals surface area contributed by atoms with Crippen molar-refractivity contribution in [2.24, 2.45) is 34.5 Å². The van der Waals surface area contributed by atoms with E-state index in [0.29, 0.717) is 25.4 Å². The van der Waals surface area contributed by atoms with Gasteiger partial charge in [-0.05, 0) is 85.0 Å². The van der Waals surface area contributed by atoms with Gasteiger partial charge in [0.1, 0.15) is 5.60 Å². The van der Waals surface area contributed by atoms with Gasteiger partial charge in [0.05, 0.1) is 42.5 Å². The second-order valence-electron chi connectivity index (χ2n) is 13.8. The first kappa shape index (κ1) is 36.0. The van der Waals surface area contributed by atoms with Gasteiger partial charge in [-0.3, -0.25) is 19.2 Å². The Morgan fingerprint density at radius 3 is 2.12 bits per heavy atom. The first-order valence-corrected chi connectivity index (χ1v) is 15.5. The molecule has 8 atom stereocenters. The zero-order chi connectivity index (χ0) is 31.9. The fourth-order valence-corrected chi connectivity index (χ4v) is 6.59. The van der Waals surface area contributed by atoms with Gasteiger partial charge >= 0.3 is 23.9 Å². The summed E-state index contributed by atoms with van der Waals surface area (Å²) in [7, 11) is 1.24. The summed E-state index contributed by atoms with van der Waals surface area (Å²) in [6.07, 6.45) is 3.45. The number of aliphatic hydroxyl groups is 1. The van der Waals surface area contributed by atoms with E-state index in [1.54, 1.807) is 41.5 Å². The first-order chi connectivity index (χ1) is 19.5. The number of hydrogen-bond donors (Lipinski definition) is 2. The molecule has 0 radical (unpaired) electrons. The van der Waals surface area contributed by atoms with Crippen molar-refractivity contribution in [2.75, 3.05) is 13.7 Å². The average Bonchev–Trinajstić information content (AvgIpc) is 2.91. The molecule has 10 heteroatoms. The fourth-order valence-electron chi connectivity index (χ4n) is 6.59. The quantitative estimate of drug-likeness (QED) is 0.200. The minimum atomic E-state index is -1.32. The Hall–Kier alpha value is -2.20. The minimum Gasteiger partial charge on any atom is -0.481 e. The van der Waals surface area contributed by atoms with Gasteiger partial charge in [-0.25, -0.2) is 0 Å². The molecule has 242 valence electrons. The molecule has 2 N–H and O–H groups in total. The highest BCUT2D eigenvalue weighted by molar-refractivity contribution is 5.81. The van der Waals surface area contributed by atoms with Crippen molar-refractivity contribution in [3.05, 3.63) is 0 Å². The monoisotopic (exact) mass is 598 g/mol. The van der Waals surface area contributed by atoms with E-state index in [0.717, 1.165) is 25.7 Å². The number of carbonyl (C=O) groups is 4. The molecule has 8 unspecified atom stereocenters. The van der Waals surface area contributed by atoms with Crippen molar-refractivity contribution < 1.29 is 48.3 Å². The molecule has 0 aromatic carbocycles. The second-order valence-corrected chi connectivity index (χ2v) is 13.8. The Kier molecular flexibility index (Phi) is 12.9. The van der Waals surface area contributed by atoms with Crippen molar-refractivity contribution in [1.82, 2.24) is 0 Å². The molecule has 2 rings (SSSR count). The molecule has 0 spiro atoms. The second kappa shape index (κ2) is 15.0. The van der Waals surface area contributed by atoms with Crippen LogP contribution in [-0.2, 0) is 38.1 Å². The van der Waals surface area contributed by atoms with Crippen molar-refractivity contribution in [1.29, 1.82) is 0 Å². The molecule has 1 aliphatic heterocycles. The van der Waals surface area contributed by atoms with Crippen LogP contribution in [0.25, 0.3) is 0 Å². The zero-order valence-electron chi connectivity index (χ0n) is 26.9. The maximum absolute atomic E-state index is 13.5. The maximum Gasteiger partial charge on any atom is 0.311 e. The van der Waals surface area contributed by atoms with Crippen LogP contribution in [0.3, 0.4) is 0 Å². The summed E-state index contributed by atoms with van der Waals surface area (Å²) in [5, 5.41) is 20.6. The van der Waals surface area contributed by atoms with Gasteiger partial charge in [0.25, 0.3) is 0 Å². The molecule has 2 aliphatic rings. The van der Waals surface area contributed by atoms with E-state index >= 15 is 0 Å². The lowest BCUT2D eigenvalue weighted by molar-refractivity contribution is -0.193. The molecule has 0 bridgehead atoms. The van der Waals surface area contributed by atoms with Gasteiger partial charge in [0.2, 0.25) is 6.29 Å². The van der Waals surface area contributed by atoms with E-state index in [1.807, 2.05) is 0 Å². The standard InChI is InChI=1S/C32H54O10/c1-9-31(6,28(36)37)18-22(27(35)41-25-12-10-11-15-40-25)19-32(7,29(38)39-8)17-21(3)26(34)42-30(4,5)23-14-13-20(2)16-24(23)33/h20-25,33H,9-19H2,1-8H3,(H,36,37). The largest absolute Gasteiger partial charge is 0.481 e. The number of carboxylic acid groups (broad SMARTS) is 1. The summed E-state index contributed by atoms with van der Waals surface area (Å²) in [5.74, 6) is -4.31. The molecule has 1 aliphatic carbocycles. The highest BCUT2D eigenvalue weighted by atomic mass is 16.7. The van der Waals surface area contributed by atoms with Crippen LogP contribution in [-0.4, -0.2) is 65.8 Å². The topological polar surface area (TPSA) is 146 Å². The summed E-state index contributed by atoms with van der Waals surface area (Å²) >= 11 is 0. The van der Waals surface area contributed by atoms with Gasteiger partial charge in [-0.1, -0.05) is 27.2 Å². The molecular weight excluding hydrogens is 544 g/mol. The number of ether oxygens (including phenoxy) is 4. The molecule has 0 amide bonds. The van der Waals surface area contributed by atoms with Crippen molar-refractivity contribution in [2.45, 2.75) is 131 Å². The maximum atomic E-state index is 13.5. The van der Waals surface area contributed by atoms with E-state index in [2.05, 4.69) is 6.92 Å². The molecule has 0 aromatic rings. The molecular formula is C32H54O10. The van der Waals surface area contributed by atoms with Crippen LogP contribution in [0.15, 0.2) is 0 Å². The van der Waals surface area contributed by atoms with Crippen LogP contribution < -0.4 is 0 Å². The van der Waals surface area contributed by atoms with Crippen LogP contribution in [0.1, 0.15) is 113 Å². The van der Waals surface area contributed by atoms with Crippen LogP contribution in [0, 0.1) is 34.5 Å². The highest BCUT2D eigenvalue weighted by Gasteiger charge is 2.47. The van der Waals surface area contributed by atoms with Crippen LogP contribution in [0.4, 0.5) is 0 Å². The van der Waals surface area contributed by atoms with Crippen molar-refractivity contribution in [3.8, 4) is 0 Å². The first-order valence-electron chi connectivity index (χ1n) is 15.5. The minimum absolute atomic E-state index is 0.0124. The third-order valence-corrected chi connectivity index (χ3v) is 9.58. The zero-order valence-corrected chi connectivity index (χ0v) is 26.9. The number of carboxylic acids is 1. The Labute approximate surface area is 251 Å². The number of rotatable bonds is 14. The van der Waals surface area contributed by atoms with Crippen molar-refractivity contribution >= 4 is 23.9 Å². The number of aliphatic carboxylic acids is 1. The Balaban J connectivity index is 2.27. The lowest BCUT2D eigenvalue weighted by Gasteiger charge is -2.42. The Morgan fingerprint density at radius 2 is 1.60 bits per heavy atom. The predicted molar refractivity (Wildman–Crippen MR) is 155 cm³/mol. The smallest absolute Gasteiger partial charge is 0.311 e. The molecule has 10 nitrogen and oxygen atoms in total. The number of methoxy groups -OCH3 is 1. The predicted octanol–water partition coefficient (Wildman–Crippen LogP) is 5.28. The normalized spacial score (nSPS) is 27.5. The summed E-state index contributed by atoms with van der Waals surface area (Å²) in [4.78, 5) is 52.3. The summed E-state index contributed by atoms with van der Waals surface area (Å²) < 4.78 is 22.3. The Morgan fingerprint density at radius 1 is 0.952 bits per heavy atom.